The van der Waals surface area contributed by atoms with Crippen LogP contribution in [0.2, 0.25) is 0 Å². The first-order valence-electron chi connectivity index (χ1n) is 4.06. The topological polar surface area (TPSA) is 198 Å². The minimum atomic E-state index is -5.53. The maximum Gasteiger partial charge on any atom is 1.00 e. The molecule has 0 fully saturated rings. The summed E-state index contributed by atoms with van der Waals surface area (Å²) in [5, 5.41) is 0. The minimum Gasteiger partial charge on any atom is -0.744 e. The Hall–Kier alpha value is 0.542. The van der Waals surface area contributed by atoms with Crippen molar-refractivity contribution in [2.45, 2.75) is 14.7 Å². The summed E-state index contributed by atoms with van der Waals surface area (Å²) in [5.74, 6) is 0. The van der Waals surface area contributed by atoms with Crippen LogP contribution < -0.4 is 62.3 Å². The van der Waals surface area contributed by atoms with Crippen LogP contribution in [0.25, 0.3) is 0 Å². The second-order valence-electron chi connectivity index (χ2n) is 3.20. The molecule has 22 heavy (non-hydrogen) atoms. The van der Waals surface area contributed by atoms with Crippen molar-refractivity contribution >= 4 is 36.0 Å². The SMILES string of the molecule is Nc1cc(S(=O)(=O)[O-])cc(S(=O)(=O)[O-])c1S(=O)(=O)[O-].[Li+].[Li+].[Li+]. The second kappa shape index (κ2) is 8.58. The molecule has 108 valence electrons. The van der Waals surface area contributed by atoms with Gasteiger partial charge in [-0.1, -0.05) is 0 Å². The van der Waals surface area contributed by atoms with Crippen molar-refractivity contribution in [3.05, 3.63) is 12.1 Å². The summed E-state index contributed by atoms with van der Waals surface area (Å²) in [7, 11) is -16.2. The van der Waals surface area contributed by atoms with Crippen LogP contribution in [-0.2, 0) is 30.4 Å². The van der Waals surface area contributed by atoms with Crippen molar-refractivity contribution in [1.82, 2.24) is 0 Å². The van der Waals surface area contributed by atoms with Gasteiger partial charge in [-0.15, -0.1) is 0 Å². The van der Waals surface area contributed by atoms with Gasteiger partial charge in [0.25, 0.3) is 0 Å². The first-order chi connectivity index (χ1) is 8.24. The molecule has 1 rings (SSSR count). The van der Waals surface area contributed by atoms with E-state index in [1.807, 2.05) is 0 Å². The standard InChI is InChI=1S/C6H7NO9S3.3Li/c7-4-1-3(17(8,9)10)2-5(18(11,12)13)6(4)19(14,15)16;;;/h1-2H,7H2,(H,8,9,10)(H,11,12,13)(H,14,15,16);;;/q;3*+1/p-3. The predicted octanol–water partition coefficient (Wildman–Crippen LogP) is -11.0. The van der Waals surface area contributed by atoms with E-state index in [1.165, 1.54) is 0 Å². The van der Waals surface area contributed by atoms with E-state index in [0.717, 1.165) is 0 Å². The van der Waals surface area contributed by atoms with Gasteiger partial charge in [-0.2, -0.15) is 0 Å². The third-order valence-electron chi connectivity index (χ3n) is 1.87. The molecular weight excluding hydrogens is 347 g/mol. The third kappa shape index (κ3) is 6.57. The summed E-state index contributed by atoms with van der Waals surface area (Å²) in [5.41, 5.74) is 3.89. The average Bonchev–Trinajstić information content (AvgIpc) is 2.11. The molecule has 0 unspecified atom stereocenters. The van der Waals surface area contributed by atoms with Gasteiger partial charge in [0.15, 0.2) is 0 Å². The quantitative estimate of drug-likeness (QED) is 0.310. The fourth-order valence-electron chi connectivity index (χ4n) is 1.20. The van der Waals surface area contributed by atoms with Gasteiger partial charge >= 0.3 is 56.6 Å². The summed E-state index contributed by atoms with van der Waals surface area (Å²) in [6, 6.07) is 0.258. The Morgan fingerprint density at radius 1 is 0.727 bits per heavy atom. The van der Waals surface area contributed by atoms with E-state index < -0.39 is 50.7 Å². The first kappa shape index (κ1) is 27.4. The van der Waals surface area contributed by atoms with Crippen molar-refractivity contribution in [2.75, 3.05) is 5.73 Å². The number of rotatable bonds is 3. The van der Waals surface area contributed by atoms with Crippen LogP contribution >= 0.6 is 0 Å². The van der Waals surface area contributed by atoms with Crippen LogP contribution in [-0.4, -0.2) is 38.9 Å². The van der Waals surface area contributed by atoms with Crippen LogP contribution in [0, 0.1) is 0 Å². The molecule has 0 saturated carbocycles. The molecule has 0 atom stereocenters. The van der Waals surface area contributed by atoms with Crippen LogP contribution in [0.15, 0.2) is 26.8 Å². The van der Waals surface area contributed by atoms with Crippen molar-refractivity contribution in [1.29, 1.82) is 0 Å². The van der Waals surface area contributed by atoms with Crippen LogP contribution in [0.3, 0.4) is 0 Å². The molecule has 0 aliphatic heterocycles. The number of anilines is 1. The predicted molar refractivity (Wildman–Crippen MR) is 54.7 cm³/mol. The Bertz CT molecular complexity index is 847. The normalized spacial score (nSPS) is 11.6. The summed E-state index contributed by atoms with van der Waals surface area (Å²) >= 11 is 0. The average molecular weight is 351 g/mol. The number of benzene rings is 1. The van der Waals surface area contributed by atoms with Gasteiger partial charge in [0, 0.05) is 0 Å². The fourth-order valence-corrected chi connectivity index (χ4v) is 3.68. The summed E-state index contributed by atoms with van der Waals surface area (Å²) < 4.78 is 97.0. The molecule has 1 aromatic rings. The molecule has 0 aromatic heterocycles. The maximum atomic E-state index is 10.8. The minimum absolute atomic E-state index is 0. The van der Waals surface area contributed by atoms with E-state index >= 15 is 0 Å². The van der Waals surface area contributed by atoms with E-state index in [2.05, 4.69) is 0 Å². The molecule has 0 spiro atoms. The fraction of sp³-hybridized carbons (Fsp3) is 0. The van der Waals surface area contributed by atoms with E-state index in [1.54, 1.807) is 0 Å². The van der Waals surface area contributed by atoms with Gasteiger partial charge in [0.05, 0.1) is 20.4 Å². The van der Waals surface area contributed by atoms with E-state index in [9.17, 15) is 38.9 Å². The second-order valence-corrected chi connectivity index (χ2v) is 7.25. The molecule has 1 aromatic carbocycles. The molecule has 0 aliphatic carbocycles. The molecule has 0 heterocycles. The van der Waals surface area contributed by atoms with Gasteiger partial charge in [0.1, 0.15) is 30.4 Å². The van der Waals surface area contributed by atoms with Crippen molar-refractivity contribution in [2.24, 2.45) is 0 Å². The monoisotopic (exact) mass is 351 g/mol. The van der Waals surface area contributed by atoms with Crippen LogP contribution in [0.5, 0.6) is 0 Å². The number of hydrogen-bond acceptors (Lipinski definition) is 10. The van der Waals surface area contributed by atoms with Gasteiger partial charge in [-0.05, 0) is 12.1 Å². The van der Waals surface area contributed by atoms with E-state index in [4.69, 9.17) is 5.73 Å². The molecule has 16 heteroatoms. The van der Waals surface area contributed by atoms with Gasteiger partial charge in [-0.25, -0.2) is 25.3 Å². The molecule has 0 aliphatic rings. The van der Waals surface area contributed by atoms with Crippen molar-refractivity contribution < 1.29 is 95.5 Å². The summed E-state index contributed by atoms with van der Waals surface area (Å²) in [6.07, 6.45) is 0. The summed E-state index contributed by atoms with van der Waals surface area (Å²) in [6.45, 7) is 0. The largest absolute Gasteiger partial charge is 1.00 e. The molecule has 0 saturated heterocycles. The van der Waals surface area contributed by atoms with Crippen molar-refractivity contribution in [3.63, 3.8) is 0 Å². The molecule has 0 bridgehead atoms. The number of hydrogen-bond donors (Lipinski definition) is 1. The Labute approximate surface area is 163 Å². The van der Waals surface area contributed by atoms with Crippen LogP contribution in [0.1, 0.15) is 0 Å². The van der Waals surface area contributed by atoms with Gasteiger partial charge in [-0.3, -0.25) is 0 Å². The van der Waals surface area contributed by atoms with Crippen LogP contribution in [0.4, 0.5) is 5.69 Å². The zero-order chi connectivity index (χ0) is 15.2. The molecule has 0 radical (unpaired) electrons. The molecular formula is C6H4Li3NO9S3. The molecule has 2 N–H and O–H groups in total. The third-order valence-corrected chi connectivity index (χ3v) is 4.62. The van der Waals surface area contributed by atoms with Gasteiger partial charge in [0.2, 0.25) is 0 Å². The summed E-state index contributed by atoms with van der Waals surface area (Å²) in [4.78, 5) is -4.52. The molecule has 10 nitrogen and oxygen atoms in total. The first-order valence-corrected chi connectivity index (χ1v) is 8.28. The Morgan fingerprint density at radius 2 is 1.14 bits per heavy atom. The number of nitrogens with two attached hydrogens (primary N) is 1. The van der Waals surface area contributed by atoms with Crippen molar-refractivity contribution in [3.8, 4) is 0 Å². The Balaban J connectivity index is -0.00000120. The Kier molecular flexibility index (Phi) is 10.7. The number of nitrogen functional groups attached to an aromatic ring is 1. The van der Waals surface area contributed by atoms with E-state index in [0.29, 0.717) is 0 Å². The maximum absolute atomic E-state index is 10.8. The molecule has 0 amide bonds. The van der Waals surface area contributed by atoms with E-state index in [-0.39, 0.29) is 68.7 Å². The Morgan fingerprint density at radius 3 is 1.41 bits per heavy atom. The van der Waals surface area contributed by atoms with Gasteiger partial charge < -0.3 is 19.4 Å². The zero-order valence-corrected chi connectivity index (χ0v) is 14.1. The smallest absolute Gasteiger partial charge is 0.744 e. The zero-order valence-electron chi connectivity index (χ0n) is 11.6.